The van der Waals surface area contributed by atoms with Crippen LogP contribution >= 0.6 is 0 Å². The van der Waals surface area contributed by atoms with E-state index < -0.39 is 158 Å². The molecule has 81 heavy (non-hydrogen) atoms. The number of nitrogens with one attached hydrogen (secondary N) is 4. The number of anilines is 1. The molecule has 3 aliphatic heterocycles. The average molecular weight is 1120 g/mol. The van der Waals surface area contributed by atoms with Gasteiger partial charge in [-0.05, 0) is 110 Å². The second kappa shape index (κ2) is 18.1. The third kappa shape index (κ3) is 6.50. The number of H-pyrrole nitrogens is 2. The van der Waals surface area contributed by atoms with E-state index in [9.17, 15) is 50.8 Å². The Bertz CT molecular complexity index is 3020. The summed E-state index contributed by atoms with van der Waals surface area (Å²) < 4.78 is 12.9. The van der Waals surface area contributed by atoms with E-state index in [2.05, 4.69) is 70.3 Å². The van der Waals surface area contributed by atoms with Gasteiger partial charge < -0.3 is 81.8 Å². The number of hydrogen-bond donors (Lipinski definition) is 14. The highest BCUT2D eigenvalue weighted by Gasteiger charge is 2.87. The van der Waals surface area contributed by atoms with Gasteiger partial charge >= 0.3 is 5.97 Å². The van der Waals surface area contributed by atoms with Gasteiger partial charge in [0.15, 0.2) is 6.29 Å². The maximum atomic E-state index is 15.9. The molecule has 2 aromatic rings. The normalized spacial score (nSPS) is 51.5. The predicted molar refractivity (Wildman–Crippen MR) is 289 cm³/mol. The Balaban J connectivity index is 1.07. The van der Waals surface area contributed by atoms with E-state index in [1.807, 2.05) is 6.92 Å². The SMILES string of the molecule is C[C@]1(CO)CC[C@]2(C(=O)O)[C@@H]3CNc4nc[nH]c4C[C@H]3[C@]34CCC5=C[C@@H]6[C@@H]7[C@H]([C@@H](c8cnc[nH]8)[C@H](O)C[C@@H](N)O)NC(=O)[C@]78CCC[C@@H]8C#C[C@H](C=C3[C@@H]2C1)[C@@]51[C@@]2(C)[C@H]6[C@@H](O)[C@@H](O[C@@H]3OC[C@@H](O)[C@H](O)[C@H]3O)[C@@](C)(CO)[C@H]2CC[C@]14C. The van der Waals surface area contributed by atoms with E-state index in [-0.39, 0.29) is 37.4 Å². The lowest BCUT2D eigenvalue weighted by atomic mass is 9.19. The minimum atomic E-state index is -1.71. The Labute approximate surface area is 471 Å². The summed E-state index contributed by atoms with van der Waals surface area (Å²) in [4.78, 5) is 46.6. The van der Waals surface area contributed by atoms with Crippen LogP contribution in [0.2, 0.25) is 0 Å². The lowest BCUT2D eigenvalue weighted by Gasteiger charge is -2.84. The number of hydrogen-bond acceptors (Lipinski definition) is 16. The number of aromatic nitrogens is 4. The monoisotopic (exact) mass is 1120 g/mol. The summed E-state index contributed by atoms with van der Waals surface area (Å²) in [6.45, 7) is 8.28. The van der Waals surface area contributed by atoms with Crippen LogP contribution in [0.15, 0.2) is 42.1 Å². The number of rotatable bonds is 10. The van der Waals surface area contributed by atoms with Crippen molar-refractivity contribution >= 4 is 17.7 Å². The summed E-state index contributed by atoms with van der Waals surface area (Å²) in [5.41, 5.74) is 2.25. The molecule has 0 aromatic carbocycles. The molecule has 8 fully saturated rings. The zero-order chi connectivity index (χ0) is 56.9. The van der Waals surface area contributed by atoms with Crippen LogP contribution in [0, 0.1) is 108 Å². The number of aliphatic hydroxyl groups excluding tert-OH is 8. The topological polar surface area (TPSA) is 342 Å². The van der Waals surface area contributed by atoms with Gasteiger partial charge in [0, 0.05) is 83.3 Å². The third-order valence-corrected chi connectivity index (χ3v) is 26.1. The first-order chi connectivity index (χ1) is 38.6. The number of nitrogens with zero attached hydrogens (tertiary/aromatic N) is 2. The van der Waals surface area contributed by atoms with Crippen molar-refractivity contribution in [2.75, 3.05) is 31.7 Å². The second-order valence-corrected chi connectivity index (χ2v) is 28.6. The molecule has 440 valence electrons. The molecular formula is C61H83N7O13. The number of amides is 1. The lowest BCUT2D eigenvalue weighted by Crippen LogP contribution is -2.82. The minimum Gasteiger partial charge on any atom is -0.481 e. The van der Waals surface area contributed by atoms with Gasteiger partial charge in [-0.25, -0.2) is 9.97 Å². The standard InChI is InChI=1S/C61H83N7O13/c1-54(24-69)14-15-59(53(78)79)34(20-54)32-17-29-8-7-28-6-5-11-58(28)43(45(68-52(58)77)42(37-22-63-26-65-37)38(71)19-41(62)73)31-16-30-9-13-60(32,33-18-36-50(67-27-66-36)64-21-35(33)59)56(3)12-10-40-55(2,25-70)49(47(75)44(31)57(40,4)61(29,30)56)81-51-48(76)46(74)39(72)23-80-51/h16-17,22,26-29,31,33-35,38-49,51,64,69-76H,5-6,9-15,18-21,23-25,62H2,1-4H3,(H,63,65)(H,66,67)(H,68,77)(H,78,79)/t28-,29-,31-,33-,34+,35-,38-,39-,40-,41+,42+,43-,44-,45+,46+,47-,48-,49-,51+,54+,55+,56+,57-,58+,59-,60+,61-/m1/s1. The van der Waals surface area contributed by atoms with Crippen molar-refractivity contribution in [1.82, 2.24) is 25.3 Å². The fourth-order valence-corrected chi connectivity index (χ4v) is 23.3. The summed E-state index contributed by atoms with van der Waals surface area (Å²) in [5.74, 6) is 2.08. The van der Waals surface area contributed by atoms with Crippen molar-refractivity contribution in [3.63, 3.8) is 0 Å². The van der Waals surface area contributed by atoms with E-state index in [1.165, 1.54) is 11.9 Å². The summed E-state index contributed by atoms with van der Waals surface area (Å²) in [6, 6.07) is -0.819. The Morgan fingerprint density at radius 3 is 2.47 bits per heavy atom. The zero-order valence-corrected chi connectivity index (χ0v) is 46.8. The number of carboxylic acid groups (broad SMARTS) is 1. The predicted octanol–water partition coefficient (Wildman–Crippen LogP) is 2.06. The van der Waals surface area contributed by atoms with Gasteiger partial charge in [0.1, 0.15) is 30.4 Å². The van der Waals surface area contributed by atoms with Crippen molar-refractivity contribution in [3.05, 3.63) is 53.5 Å². The van der Waals surface area contributed by atoms with Crippen LogP contribution in [0.5, 0.6) is 0 Å². The molecule has 1 amide bonds. The van der Waals surface area contributed by atoms with Crippen molar-refractivity contribution in [3.8, 4) is 11.8 Å². The van der Waals surface area contributed by atoms with Crippen LogP contribution in [0.3, 0.4) is 0 Å². The minimum absolute atomic E-state index is 0.0944. The number of fused-ring (bicyclic) bond motifs is 5. The molecule has 5 heterocycles. The number of aliphatic carboxylic acids is 1. The van der Waals surface area contributed by atoms with Crippen LogP contribution < -0.4 is 16.4 Å². The van der Waals surface area contributed by atoms with Crippen LogP contribution in [0.4, 0.5) is 5.82 Å². The number of aliphatic hydroxyl groups is 8. The maximum Gasteiger partial charge on any atom is 0.310 e. The smallest absolute Gasteiger partial charge is 0.310 e. The molecule has 6 saturated carbocycles. The zero-order valence-electron chi connectivity index (χ0n) is 46.8. The first-order valence-corrected chi connectivity index (χ1v) is 30.2. The van der Waals surface area contributed by atoms with Gasteiger partial charge in [-0.1, -0.05) is 69.3 Å². The Morgan fingerprint density at radius 1 is 0.938 bits per heavy atom. The quantitative estimate of drug-likeness (QED) is 0.0701. The molecule has 0 radical (unpaired) electrons. The molecule has 15 rings (SSSR count). The van der Waals surface area contributed by atoms with Crippen molar-refractivity contribution in [2.24, 2.45) is 102 Å². The lowest BCUT2D eigenvalue weighted by molar-refractivity contribution is -0.365. The van der Waals surface area contributed by atoms with E-state index in [0.29, 0.717) is 82.9 Å². The Kier molecular flexibility index (Phi) is 12.2. The second-order valence-electron chi connectivity index (χ2n) is 28.6. The van der Waals surface area contributed by atoms with Crippen LogP contribution in [0.1, 0.15) is 116 Å². The summed E-state index contributed by atoms with van der Waals surface area (Å²) in [6.07, 6.45) is 3.87. The average Bonchev–Trinajstić information content (AvgIpc) is 0.899. The highest BCUT2D eigenvalue weighted by Crippen LogP contribution is 2.90. The van der Waals surface area contributed by atoms with E-state index in [4.69, 9.17) is 20.2 Å². The summed E-state index contributed by atoms with van der Waals surface area (Å²) in [5, 5.41) is 114. The molecule has 3 bridgehead atoms. The van der Waals surface area contributed by atoms with E-state index in [0.717, 1.165) is 17.1 Å². The van der Waals surface area contributed by atoms with Crippen molar-refractivity contribution in [1.29, 1.82) is 0 Å². The van der Waals surface area contributed by atoms with Crippen LogP contribution in [0.25, 0.3) is 0 Å². The number of nitrogens with two attached hydrogens (primary N) is 1. The third-order valence-electron chi connectivity index (χ3n) is 26.1. The number of ether oxygens (including phenoxy) is 2. The van der Waals surface area contributed by atoms with E-state index >= 15 is 4.79 Å². The molecule has 20 nitrogen and oxygen atoms in total. The molecule has 0 unspecified atom stereocenters. The summed E-state index contributed by atoms with van der Waals surface area (Å²) in [7, 11) is 0. The molecule has 2 saturated heterocycles. The molecular weight excluding hydrogens is 1040 g/mol. The summed E-state index contributed by atoms with van der Waals surface area (Å²) >= 11 is 0. The molecule has 2 aromatic heterocycles. The van der Waals surface area contributed by atoms with Crippen LogP contribution in [-0.4, -0.2) is 159 Å². The fourth-order valence-electron chi connectivity index (χ4n) is 23.3. The molecule has 15 N–H and O–H groups in total. The van der Waals surface area contributed by atoms with Gasteiger partial charge in [-0.3, -0.25) is 9.59 Å². The number of aromatic amines is 2. The molecule has 3 spiro atoms. The number of carbonyl (C=O) groups excluding carboxylic acids is 1. The maximum absolute atomic E-state index is 15.9. The van der Waals surface area contributed by atoms with Crippen molar-refractivity contribution < 1.29 is 65.0 Å². The van der Waals surface area contributed by atoms with Gasteiger partial charge in [0.25, 0.3) is 0 Å². The van der Waals surface area contributed by atoms with Gasteiger partial charge in [0.2, 0.25) is 5.91 Å². The Morgan fingerprint density at radius 2 is 1.74 bits per heavy atom. The molecule has 27 atom stereocenters. The Hall–Kier alpha value is -4.24. The highest BCUT2D eigenvalue weighted by atomic mass is 16.7. The van der Waals surface area contributed by atoms with Crippen molar-refractivity contribution in [2.45, 2.75) is 166 Å². The largest absolute Gasteiger partial charge is 0.481 e. The first kappa shape index (κ1) is 54.7. The molecule has 13 aliphatic rings. The number of allylic oxidation sites excluding steroid dienone is 4. The van der Waals surface area contributed by atoms with Gasteiger partial charge in [-0.15, -0.1) is 0 Å². The van der Waals surface area contributed by atoms with E-state index in [1.54, 1.807) is 12.5 Å². The highest BCUT2D eigenvalue weighted by molar-refractivity contribution is 5.88. The van der Waals surface area contributed by atoms with Crippen LogP contribution in [-0.2, 0) is 25.5 Å². The fraction of sp³-hybridized carbons (Fsp3) is 0.770. The first-order valence-electron chi connectivity index (χ1n) is 30.2. The van der Waals surface area contributed by atoms with Gasteiger partial charge in [0.05, 0.1) is 60.7 Å². The molecule has 20 heteroatoms. The number of carbonyl (C=O) groups is 2. The number of imidazole rings is 2. The number of carboxylic acids is 1. The van der Waals surface area contributed by atoms with Gasteiger partial charge in [-0.2, -0.15) is 0 Å². The molecule has 10 aliphatic carbocycles.